The Morgan fingerprint density at radius 3 is 2.47 bits per heavy atom. The largest absolute Gasteiger partial charge is 0.397 e. The molecule has 96 valence electrons. The van der Waals surface area contributed by atoms with E-state index >= 15 is 0 Å². The number of benzene rings is 1. The third-order valence-corrected chi connectivity index (χ3v) is 4.32. The summed E-state index contributed by atoms with van der Waals surface area (Å²) in [4.78, 5) is 11.2. The Labute approximate surface area is 120 Å². The summed E-state index contributed by atoms with van der Waals surface area (Å²) >= 11 is 7.50. The Balaban J connectivity index is 2.23. The maximum Gasteiger partial charge on any atom is 0.161 e. The van der Waals surface area contributed by atoms with Crippen molar-refractivity contribution in [2.75, 3.05) is 5.73 Å². The lowest BCUT2D eigenvalue weighted by atomic mass is 10.2. The molecule has 3 nitrogen and oxygen atoms in total. The number of nitrogens with two attached hydrogens (primary N) is 1. The Hall–Kier alpha value is -1.65. The van der Waals surface area contributed by atoms with E-state index in [1.54, 1.807) is 11.3 Å². The van der Waals surface area contributed by atoms with Crippen molar-refractivity contribution < 1.29 is 0 Å². The Kier molecular flexibility index (Phi) is 2.92. The fourth-order valence-electron chi connectivity index (χ4n) is 2.03. The van der Waals surface area contributed by atoms with Gasteiger partial charge in [-0.25, -0.2) is 9.97 Å². The van der Waals surface area contributed by atoms with Gasteiger partial charge in [-0.3, -0.25) is 0 Å². The van der Waals surface area contributed by atoms with Crippen LogP contribution >= 0.6 is 22.9 Å². The number of hydrogen-bond donors (Lipinski definition) is 1. The van der Waals surface area contributed by atoms with Crippen LogP contribution < -0.4 is 5.73 Å². The highest BCUT2D eigenvalue weighted by molar-refractivity contribution is 7.19. The number of thiophene rings is 1. The normalized spacial score (nSPS) is 11.1. The van der Waals surface area contributed by atoms with E-state index in [1.807, 2.05) is 38.1 Å². The number of fused-ring (bicyclic) bond motifs is 1. The van der Waals surface area contributed by atoms with E-state index in [2.05, 4.69) is 9.97 Å². The van der Waals surface area contributed by atoms with Gasteiger partial charge in [-0.05, 0) is 38.1 Å². The van der Waals surface area contributed by atoms with Gasteiger partial charge in [-0.15, -0.1) is 11.3 Å². The highest BCUT2D eigenvalue weighted by Crippen LogP contribution is 2.34. The van der Waals surface area contributed by atoms with Crippen LogP contribution in [0.25, 0.3) is 21.6 Å². The third-order valence-electron chi connectivity index (χ3n) is 3.06. The maximum atomic E-state index is 6.06. The molecule has 3 aromatic rings. The van der Waals surface area contributed by atoms with Crippen LogP contribution in [0.3, 0.4) is 0 Å². The number of anilines is 1. The topological polar surface area (TPSA) is 51.8 Å². The first kappa shape index (κ1) is 12.4. The zero-order valence-corrected chi connectivity index (χ0v) is 12.1. The lowest BCUT2D eigenvalue weighted by Gasteiger charge is -2.03. The van der Waals surface area contributed by atoms with E-state index in [0.717, 1.165) is 32.0 Å². The minimum absolute atomic E-state index is 0.706. The molecule has 0 radical (unpaired) electrons. The van der Waals surface area contributed by atoms with Crippen LogP contribution in [-0.4, -0.2) is 9.97 Å². The third kappa shape index (κ3) is 2.07. The summed E-state index contributed by atoms with van der Waals surface area (Å²) in [6, 6.07) is 7.53. The van der Waals surface area contributed by atoms with Gasteiger partial charge in [0.05, 0.1) is 16.8 Å². The van der Waals surface area contributed by atoms with Crippen molar-refractivity contribution in [2.24, 2.45) is 0 Å². The van der Waals surface area contributed by atoms with Gasteiger partial charge in [-0.2, -0.15) is 0 Å². The van der Waals surface area contributed by atoms with Gasteiger partial charge in [0.2, 0.25) is 0 Å². The molecule has 0 aliphatic heterocycles. The van der Waals surface area contributed by atoms with Crippen LogP contribution in [0.5, 0.6) is 0 Å². The molecular formula is C14H12ClN3S. The number of nitrogens with zero attached hydrogens (tertiary/aromatic N) is 2. The van der Waals surface area contributed by atoms with Gasteiger partial charge in [0.1, 0.15) is 4.83 Å². The standard InChI is InChI=1S/C14H12ClN3S/c1-7-11-12(16)8(2)19-14(11)18-13(17-7)9-3-5-10(15)6-4-9/h3-6H,16H2,1-2H3. The van der Waals surface area contributed by atoms with E-state index in [9.17, 15) is 0 Å². The lowest BCUT2D eigenvalue weighted by molar-refractivity contribution is 1.17. The number of aromatic nitrogens is 2. The van der Waals surface area contributed by atoms with Gasteiger partial charge >= 0.3 is 0 Å². The van der Waals surface area contributed by atoms with E-state index in [1.165, 1.54) is 0 Å². The zero-order valence-electron chi connectivity index (χ0n) is 10.6. The van der Waals surface area contributed by atoms with Gasteiger partial charge in [0.25, 0.3) is 0 Å². The average Bonchev–Trinajstić information content (AvgIpc) is 2.66. The number of rotatable bonds is 1. The molecule has 2 heterocycles. The van der Waals surface area contributed by atoms with E-state index < -0.39 is 0 Å². The molecule has 0 fully saturated rings. The molecule has 2 N–H and O–H groups in total. The average molecular weight is 290 g/mol. The quantitative estimate of drug-likeness (QED) is 0.730. The van der Waals surface area contributed by atoms with Gasteiger partial charge < -0.3 is 5.73 Å². The molecule has 0 spiro atoms. The fraction of sp³-hybridized carbons (Fsp3) is 0.143. The molecule has 0 aliphatic carbocycles. The summed E-state index contributed by atoms with van der Waals surface area (Å²) in [5, 5.41) is 1.68. The Bertz CT molecular complexity index is 762. The predicted molar refractivity (Wildman–Crippen MR) is 81.7 cm³/mol. The number of halogens is 1. The van der Waals surface area contributed by atoms with Gasteiger partial charge in [-0.1, -0.05) is 11.6 Å². The molecule has 0 saturated heterocycles. The molecule has 2 aromatic heterocycles. The molecule has 0 bridgehead atoms. The number of nitrogen functional groups attached to an aromatic ring is 1. The summed E-state index contributed by atoms with van der Waals surface area (Å²) in [5.74, 6) is 0.711. The highest BCUT2D eigenvalue weighted by Gasteiger charge is 2.13. The van der Waals surface area contributed by atoms with E-state index in [0.29, 0.717) is 10.8 Å². The first-order valence-electron chi connectivity index (χ1n) is 5.85. The summed E-state index contributed by atoms with van der Waals surface area (Å²) in [6.45, 7) is 3.97. The summed E-state index contributed by atoms with van der Waals surface area (Å²) in [5.41, 5.74) is 8.72. The molecule has 0 unspecified atom stereocenters. The van der Waals surface area contributed by atoms with Crippen molar-refractivity contribution in [1.29, 1.82) is 0 Å². The summed E-state index contributed by atoms with van der Waals surface area (Å²) < 4.78 is 0. The Morgan fingerprint density at radius 2 is 1.79 bits per heavy atom. The van der Waals surface area contributed by atoms with Gasteiger partial charge in [0.15, 0.2) is 5.82 Å². The zero-order chi connectivity index (χ0) is 13.6. The van der Waals surface area contributed by atoms with Crippen LogP contribution in [0.2, 0.25) is 5.02 Å². The highest BCUT2D eigenvalue weighted by atomic mass is 35.5. The van der Waals surface area contributed by atoms with E-state index in [-0.39, 0.29) is 0 Å². The minimum Gasteiger partial charge on any atom is -0.397 e. The second kappa shape index (κ2) is 4.47. The molecule has 1 aromatic carbocycles. The SMILES string of the molecule is Cc1sc2nc(-c3ccc(Cl)cc3)nc(C)c2c1N. The first-order chi connectivity index (χ1) is 9.06. The van der Waals surface area contributed by atoms with Crippen molar-refractivity contribution in [3.8, 4) is 11.4 Å². The van der Waals surface area contributed by atoms with Crippen LogP contribution in [0.15, 0.2) is 24.3 Å². The second-order valence-corrected chi connectivity index (χ2v) is 6.03. The fourth-order valence-corrected chi connectivity index (χ4v) is 3.15. The molecule has 0 atom stereocenters. The smallest absolute Gasteiger partial charge is 0.161 e. The molecule has 0 amide bonds. The summed E-state index contributed by atoms with van der Waals surface area (Å²) in [7, 11) is 0. The van der Waals surface area contributed by atoms with Crippen LogP contribution in [0, 0.1) is 13.8 Å². The second-order valence-electron chi connectivity index (χ2n) is 4.39. The monoisotopic (exact) mass is 289 g/mol. The van der Waals surface area contributed by atoms with Crippen molar-refractivity contribution in [1.82, 2.24) is 9.97 Å². The molecular weight excluding hydrogens is 278 g/mol. The van der Waals surface area contributed by atoms with Crippen molar-refractivity contribution in [3.05, 3.63) is 39.9 Å². The number of aryl methyl sites for hydroxylation is 2. The van der Waals surface area contributed by atoms with Crippen molar-refractivity contribution in [2.45, 2.75) is 13.8 Å². The molecule has 19 heavy (non-hydrogen) atoms. The summed E-state index contributed by atoms with van der Waals surface area (Å²) in [6.07, 6.45) is 0. The maximum absolute atomic E-state index is 6.06. The van der Waals surface area contributed by atoms with E-state index in [4.69, 9.17) is 17.3 Å². The molecule has 0 aliphatic rings. The first-order valence-corrected chi connectivity index (χ1v) is 7.05. The lowest BCUT2D eigenvalue weighted by Crippen LogP contribution is -1.94. The van der Waals surface area contributed by atoms with Crippen molar-refractivity contribution >= 4 is 38.8 Å². The molecule has 0 saturated carbocycles. The van der Waals surface area contributed by atoms with Crippen LogP contribution in [-0.2, 0) is 0 Å². The number of hydrogen-bond acceptors (Lipinski definition) is 4. The Morgan fingerprint density at radius 1 is 1.11 bits per heavy atom. The van der Waals surface area contributed by atoms with Gasteiger partial charge in [0, 0.05) is 15.5 Å². The van der Waals surface area contributed by atoms with Crippen molar-refractivity contribution in [3.63, 3.8) is 0 Å². The predicted octanol–water partition coefficient (Wildman–Crippen LogP) is 4.21. The van der Waals surface area contributed by atoms with Crippen LogP contribution in [0.4, 0.5) is 5.69 Å². The van der Waals surface area contributed by atoms with Crippen LogP contribution in [0.1, 0.15) is 10.6 Å². The molecule has 5 heteroatoms. The minimum atomic E-state index is 0.706. The molecule has 3 rings (SSSR count).